The normalized spacial score (nSPS) is 13.9. The zero-order valence-electron chi connectivity index (χ0n) is 14.6. The molecule has 1 aliphatic carbocycles. The van der Waals surface area contributed by atoms with E-state index in [1.165, 1.54) is 0 Å². The van der Waals surface area contributed by atoms with Crippen LogP contribution in [0.4, 0.5) is 5.69 Å². The first-order valence-electron chi connectivity index (χ1n) is 8.64. The number of anilines is 1. The Morgan fingerprint density at radius 2 is 1.63 bits per heavy atom. The number of hydrogen-bond acceptors (Lipinski definition) is 4. The van der Waals surface area contributed by atoms with Crippen LogP contribution in [-0.2, 0) is 21.2 Å². The molecule has 7 nitrogen and oxygen atoms in total. The first kappa shape index (κ1) is 19.1. The highest BCUT2D eigenvalue weighted by Gasteiger charge is 2.27. The molecule has 27 heavy (non-hydrogen) atoms. The predicted molar refractivity (Wildman–Crippen MR) is 102 cm³/mol. The van der Waals surface area contributed by atoms with E-state index < -0.39 is 15.9 Å². The molecule has 1 saturated carbocycles. The number of amides is 2. The van der Waals surface area contributed by atoms with Crippen LogP contribution in [0.3, 0.4) is 0 Å². The quantitative estimate of drug-likeness (QED) is 0.640. The second-order valence-electron chi connectivity index (χ2n) is 6.53. The third kappa shape index (κ3) is 5.38. The van der Waals surface area contributed by atoms with Crippen molar-refractivity contribution in [3.8, 4) is 0 Å². The van der Waals surface area contributed by atoms with E-state index in [1.807, 2.05) is 0 Å². The van der Waals surface area contributed by atoms with Crippen LogP contribution in [0.1, 0.15) is 35.2 Å². The number of aryl methyl sites for hydroxylation is 1. The van der Waals surface area contributed by atoms with Gasteiger partial charge in [0.25, 0.3) is 0 Å². The van der Waals surface area contributed by atoms with Crippen LogP contribution in [0.2, 0.25) is 0 Å². The summed E-state index contributed by atoms with van der Waals surface area (Å²) in [7, 11) is -3.46. The zero-order valence-corrected chi connectivity index (χ0v) is 15.5. The number of nitrogens with two attached hydrogens (primary N) is 1. The van der Waals surface area contributed by atoms with Gasteiger partial charge in [-0.1, -0.05) is 12.1 Å². The monoisotopic (exact) mass is 387 g/mol. The molecular weight excluding hydrogens is 366 g/mol. The van der Waals surface area contributed by atoms with E-state index in [0.717, 1.165) is 18.4 Å². The highest BCUT2D eigenvalue weighted by atomic mass is 32.2. The van der Waals surface area contributed by atoms with Gasteiger partial charge < -0.3 is 11.1 Å². The van der Waals surface area contributed by atoms with Gasteiger partial charge in [0.15, 0.2) is 0 Å². The molecule has 0 heterocycles. The molecule has 0 radical (unpaired) electrons. The zero-order chi connectivity index (χ0) is 19.4. The lowest BCUT2D eigenvalue weighted by atomic mass is 10.1. The van der Waals surface area contributed by atoms with Gasteiger partial charge >= 0.3 is 0 Å². The summed E-state index contributed by atoms with van der Waals surface area (Å²) in [5, 5.41) is 2.75. The molecule has 0 saturated heterocycles. The summed E-state index contributed by atoms with van der Waals surface area (Å²) in [6, 6.07) is 12.9. The molecule has 0 atom stereocenters. The molecule has 0 spiro atoms. The Morgan fingerprint density at radius 1 is 1.00 bits per heavy atom. The molecule has 0 unspecified atom stereocenters. The van der Waals surface area contributed by atoms with Crippen LogP contribution in [0.15, 0.2) is 53.4 Å². The maximum absolute atomic E-state index is 12.1. The lowest BCUT2D eigenvalue weighted by Crippen LogP contribution is -2.25. The molecule has 0 bridgehead atoms. The van der Waals surface area contributed by atoms with Gasteiger partial charge in [0, 0.05) is 23.7 Å². The van der Waals surface area contributed by atoms with Gasteiger partial charge in [0.05, 0.1) is 4.90 Å². The third-order valence-corrected chi connectivity index (χ3v) is 5.76. The molecule has 2 aromatic rings. The van der Waals surface area contributed by atoms with Crippen molar-refractivity contribution in [2.24, 2.45) is 5.73 Å². The SMILES string of the molecule is NC(=O)c1ccc(NC(=O)CCc2ccc(S(=O)(=O)NC3CC3)cc2)cc1. The van der Waals surface area contributed by atoms with Crippen LogP contribution < -0.4 is 15.8 Å². The van der Waals surface area contributed by atoms with Gasteiger partial charge in [-0.25, -0.2) is 13.1 Å². The van der Waals surface area contributed by atoms with E-state index in [-0.39, 0.29) is 23.3 Å². The maximum Gasteiger partial charge on any atom is 0.248 e. The highest BCUT2D eigenvalue weighted by Crippen LogP contribution is 2.22. The first-order valence-corrected chi connectivity index (χ1v) is 10.1. The fraction of sp³-hybridized carbons (Fsp3) is 0.263. The Labute approximate surface area is 158 Å². The van der Waals surface area contributed by atoms with Crippen molar-refractivity contribution in [2.45, 2.75) is 36.6 Å². The Balaban J connectivity index is 1.51. The van der Waals surface area contributed by atoms with E-state index in [2.05, 4.69) is 10.0 Å². The van der Waals surface area contributed by atoms with E-state index >= 15 is 0 Å². The van der Waals surface area contributed by atoms with Crippen molar-refractivity contribution in [3.63, 3.8) is 0 Å². The van der Waals surface area contributed by atoms with Crippen molar-refractivity contribution < 1.29 is 18.0 Å². The first-order chi connectivity index (χ1) is 12.8. The minimum atomic E-state index is -3.46. The van der Waals surface area contributed by atoms with Gasteiger partial charge in [-0.15, -0.1) is 0 Å². The molecule has 2 amide bonds. The Hall–Kier alpha value is -2.71. The Kier molecular flexibility index (Phi) is 5.57. The van der Waals surface area contributed by atoms with Crippen molar-refractivity contribution in [1.82, 2.24) is 4.72 Å². The maximum atomic E-state index is 12.1. The van der Waals surface area contributed by atoms with Gasteiger partial charge in [-0.3, -0.25) is 9.59 Å². The molecule has 0 aliphatic heterocycles. The molecule has 4 N–H and O–H groups in total. The molecular formula is C19H21N3O4S. The largest absolute Gasteiger partial charge is 0.366 e. The summed E-state index contributed by atoms with van der Waals surface area (Å²) in [4.78, 5) is 23.3. The van der Waals surface area contributed by atoms with Crippen LogP contribution in [0.5, 0.6) is 0 Å². The smallest absolute Gasteiger partial charge is 0.248 e. The van der Waals surface area contributed by atoms with Gasteiger partial charge in [-0.05, 0) is 61.2 Å². The summed E-state index contributed by atoms with van der Waals surface area (Å²) in [5.74, 6) is -0.695. The summed E-state index contributed by atoms with van der Waals surface area (Å²) in [6.45, 7) is 0. The van der Waals surface area contributed by atoms with Crippen molar-refractivity contribution >= 4 is 27.5 Å². The van der Waals surface area contributed by atoms with Gasteiger partial charge in [0.2, 0.25) is 21.8 Å². The summed E-state index contributed by atoms with van der Waals surface area (Å²) < 4.78 is 26.9. The molecule has 1 aliphatic rings. The average Bonchev–Trinajstić information content (AvgIpc) is 3.44. The number of primary amides is 1. The molecule has 1 fully saturated rings. The van der Waals surface area contributed by atoms with Crippen molar-refractivity contribution in [1.29, 1.82) is 0 Å². The lowest BCUT2D eigenvalue weighted by molar-refractivity contribution is -0.116. The van der Waals surface area contributed by atoms with Crippen LogP contribution in [0.25, 0.3) is 0 Å². The fourth-order valence-corrected chi connectivity index (χ4v) is 3.83. The number of benzene rings is 2. The number of sulfonamides is 1. The van der Waals surface area contributed by atoms with E-state index in [1.54, 1.807) is 48.5 Å². The molecule has 0 aromatic heterocycles. The Bertz CT molecular complexity index is 934. The summed E-state index contributed by atoms with van der Waals surface area (Å²) in [5.41, 5.74) is 7.00. The third-order valence-electron chi connectivity index (χ3n) is 4.23. The second-order valence-corrected chi connectivity index (χ2v) is 8.24. The number of carbonyl (C=O) groups is 2. The van der Waals surface area contributed by atoms with Crippen molar-refractivity contribution in [2.75, 3.05) is 5.32 Å². The molecule has 2 aromatic carbocycles. The standard InChI is InChI=1S/C19H21N3O4S/c20-19(24)14-4-6-15(7-5-14)21-18(23)12-3-13-1-10-17(11-2-13)27(25,26)22-16-8-9-16/h1-2,4-7,10-11,16,22H,3,8-9,12H2,(H2,20,24)(H,21,23). The molecule has 8 heteroatoms. The number of hydrogen-bond donors (Lipinski definition) is 3. The second kappa shape index (κ2) is 7.89. The van der Waals surface area contributed by atoms with Gasteiger partial charge in [-0.2, -0.15) is 0 Å². The van der Waals surface area contributed by atoms with Gasteiger partial charge in [0.1, 0.15) is 0 Å². The average molecular weight is 387 g/mol. The lowest BCUT2D eigenvalue weighted by Gasteiger charge is -2.08. The van der Waals surface area contributed by atoms with Crippen molar-refractivity contribution in [3.05, 3.63) is 59.7 Å². The summed E-state index contributed by atoms with van der Waals surface area (Å²) >= 11 is 0. The topological polar surface area (TPSA) is 118 Å². The number of carbonyl (C=O) groups excluding carboxylic acids is 2. The molecule has 142 valence electrons. The van der Waals surface area contributed by atoms with Crippen LogP contribution in [-0.4, -0.2) is 26.3 Å². The van der Waals surface area contributed by atoms with Crippen LogP contribution >= 0.6 is 0 Å². The van der Waals surface area contributed by atoms with E-state index in [9.17, 15) is 18.0 Å². The van der Waals surface area contributed by atoms with Crippen LogP contribution in [0, 0.1) is 0 Å². The Morgan fingerprint density at radius 3 is 2.19 bits per heavy atom. The number of rotatable bonds is 8. The summed E-state index contributed by atoms with van der Waals surface area (Å²) in [6.07, 6.45) is 2.51. The van der Waals surface area contributed by atoms with E-state index in [0.29, 0.717) is 17.7 Å². The van der Waals surface area contributed by atoms with E-state index in [4.69, 9.17) is 5.73 Å². The highest BCUT2D eigenvalue weighted by molar-refractivity contribution is 7.89. The molecule has 3 rings (SSSR count). The predicted octanol–water partition coefficient (Wildman–Crippen LogP) is 1.80. The number of nitrogens with one attached hydrogen (secondary N) is 2. The minimum Gasteiger partial charge on any atom is -0.366 e. The fourth-order valence-electron chi connectivity index (χ4n) is 2.52. The minimum absolute atomic E-state index is 0.0652.